The highest BCUT2D eigenvalue weighted by Gasteiger charge is 2.31. The zero-order chi connectivity index (χ0) is 29.9. The second-order valence-electron chi connectivity index (χ2n) is 11.7. The summed E-state index contributed by atoms with van der Waals surface area (Å²) in [6.07, 6.45) is 1.22. The van der Waals surface area contributed by atoms with Gasteiger partial charge in [-0.05, 0) is 57.4 Å². The van der Waals surface area contributed by atoms with Gasteiger partial charge < -0.3 is 33.3 Å². The number of fused-ring (bicyclic) bond motifs is 2. The molecule has 2 aliphatic rings. The van der Waals surface area contributed by atoms with E-state index in [9.17, 15) is 14.4 Å². The highest BCUT2D eigenvalue weighted by atomic mass is 16.6. The van der Waals surface area contributed by atoms with E-state index in [1.807, 2.05) is 68.1 Å². The summed E-state index contributed by atoms with van der Waals surface area (Å²) in [6, 6.07) is 14.5. The average molecular weight is 578 g/mol. The molecular formula is C32H39N3O7. The largest absolute Gasteiger partial charge is 0.486 e. The number of methoxy groups -OCH3 is 1. The molecule has 10 nitrogen and oxygen atoms in total. The van der Waals surface area contributed by atoms with Crippen LogP contribution in [0.3, 0.4) is 0 Å². The van der Waals surface area contributed by atoms with Crippen molar-refractivity contribution in [2.24, 2.45) is 0 Å². The molecule has 0 spiro atoms. The smallest absolute Gasteiger partial charge is 0.410 e. The van der Waals surface area contributed by atoms with Gasteiger partial charge >= 0.3 is 12.1 Å². The molecule has 1 fully saturated rings. The zero-order valence-corrected chi connectivity index (χ0v) is 24.8. The van der Waals surface area contributed by atoms with Crippen LogP contribution in [0.4, 0.5) is 4.79 Å². The standard InChI is InChI=1S/C32H39N3O7/c1-32(2,3)42-31(38)35(21-22-9-10-27-28(19-22)41-18-17-40-27)23-11-13-33(14-12-23)15-16-34-26-8-6-5-7-24(26)25(20-29(34)36)30(37)39-4/h5-10,19-20,23H,11-18,21H2,1-4H3. The van der Waals surface area contributed by atoms with Gasteiger partial charge in [-0.3, -0.25) is 4.79 Å². The monoisotopic (exact) mass is 577 g/mol. The summed E-state index contributed by atoms with van der Waals surface area (Å²) in [4.78, 5) is 42.8. The Balaban J connectivity index is 1.27. The van der Waals surface area contributed by atoms with Gasteiger partial charge in [-0.1, -0.05) is 24.3 Å². The van der Waals surface area contributed by atoms with Gasteiger partial charge in [0.25, 0.3) is 5.56 Å². The Hall–Kier alpha value is -4.05. The Kier molecular flexibility index (Phi) is 8.72. The fourth-order valence-electron chi connectivity index (χ4n) is 5.59. The van der Waals surface area contributed by atoms with Crippen LogP contribution in [0, 0.1) is 0 Å². The number of carbonyl (C=O) groups is 2. The van der Waals surface area contributed by atoms with E-state index in [4.69, 9.17) is 18.9 Å². The molecule has 0 atom stereocenters. The first kappa shape index (κ1) is 29.4. The van der Waals surface area contributed by atoms with Crippen molar-refractivity contribution in [1.82, 2.24) is 14.4 Å². The van der Waals surface area contributed by atoms with Gasteiger partial charge in [0, 0.05) is 50.2 Å². The van der Waals surface area contributed by atoms with Crippen LogP contribution < -0.4 is 15.0 Å². The number of esters is 1. The predicted octanol–water partition coefficient (Wildman–Crippen LogP) is 4.46. The molecular weight excluding hydrogens is 538 g/mol. The number of carbonyl (C=O) groups excluding carboxylic acids is 2. The van der Waals surface area contributed by atoms with Crippen molar-refractivity contribution in [2.45, 2.75) is 58.3 Å². The third-order valence-electron chi connectivity index (χ3n) is 7.65. The van der Waals surface area contributed by atoms with Crippen molar-refractivity contribution < 1.29 is 28.5 Å². The molecule has 42 heavy (non-hydrogen) atoms. The Morgan fingerprint density at radius 3 is 2.40 bits per heavy atom. The zero-order valence-electron chi connectivity index (χ0n) is 24.8. The molecule has 1 amide bonds. The maximum Gasteiger partial charge on any atom is 0.410 e. The van der Waals surface area contributed by atoms with E-state index in [1.54, 1.807) is 4.57 Å². The Labute approximate surface area is 245 Å². The first-order valence-electron chi connectivity index (χ1n) is 14.4. The molecule has 0 bridgehead atoms. The number of pyridine rings is 1. The Morgan fingerprint density at radius 1 is 0.976 bits per heavy atom. The van der Waals surface area contributed by atoms with Crippen LogP contribution in [0.2, 0.25) is 0 Å². The van der Waals surface area contributed by atoms with Gasteiger partial charge in [0.2, 0.25) is 0 Å². The molecule has 10 heteroatoms. The number of likely N-dealkylation sites (tertiary alicyclic amines) is 1. The third kappa shape index (κ3) is 6.70. The molecule has 3 aromatic rings. The SMILES string of the molecule is COC(=O)c1cc(=O)n(CCN2CCC(N(Cc3ccc4c(c3)OCCO4)C(=O)OC(C)(C)C)CC2)c2ccccc12. The fraction of sp³-hybridized carbons (Fsp3) is 0.469. The summed E-state index contributed by atoms with van der Waals surface area (Å²) in [5.74, 6) is 0.886. The average Bonchev–Trinajstić information content (AvgIpc) is 2.98. The van der Waals surface area contributed by atoms with Crippen LogP contribution in [0.15, 0.2) is 53.3 Å². The van der Waals surface area contributed by atoms with Gasteiger partial charge in [0.05, 0.1) is 18.2 Å². The molecule has 3 heterocycles. The number of benzene rings is 2. The minimum absolute atomic E-state index is 0.00666. The fourth-order valence-corrected chi connectivity index (χ4v) is 5.59. The summed E-state index contributed by atoms with van der Waals surface area (Å²) in [7, 11) is 1.31. The quantitative estimate of drug-likeness (QED) is 0.380. The number of nitrogens with zero attached hydrogens (tertiary/aromatic N) is 3. The van der Waals surface area contributed by atoms with Crippen LogP contribution >= 0.6 is 0 Å². The molecule has 0 N–H and O–H groups in total. The molecule has 1 aromatic heterocycles. The number of amides is 1. The van der Waals surface area contributed by atoms with Crippen LogP contribution in [0.25, 0.3) is 10.9 Å². The topological polar surface area (TPSA) is 99.5 Å². The molecule has 1 saturated heterocycles. The van der Waals surface area contributed by atoms with Crippen molar-refractivity contribution in [2.75, 3.05) is 40.0 Å². The van der Waals surface area contributed by atoms with Gasteiger partial charge in [0.1, 0.15) is 18.8 Å². The minimum atomic E-state index is -0.609. The molecule has 0 aliphatic carbocycles. The Bertz CT molecular complexity index is 1500. The molecule has 224 valence electrons. The highest BCUT2D eigenvalue weighted by molar-refractivity contribution is 6.03. The maximum atomic E-state index is 13.4. The van der Waals surface area contributed by atoms with E-state index in [-0.39, 0.29) is 23.3 Å². The van der Waals surface area contributed by atoms with Gasteiger partial charge in [-0.25, -0.2) is 9.59 Å². The van der Waals surface area contributed by atoms with Crippen LogP contribution in [-0.2, 0) is 22.6 Å². The van der Waals surface area contributed by atoms with E-state index < -0.39 is 11.6 Å². The molecule has 0 saturated carbocycles. The molecule has 2 aromatic carbocycles. The van der Waals surface area contributed by atoms with Crippen LogP contribution in [0.1, 0.15) is 49.5 Å². The maximum absolute atomic E-state index is 13.4. The minimum Gasteiger partial charge on any atom is -0.486 e. The lowest BCUT2D eigenvalue weighted by Crippen LogP contribution is -2.49. The molecule has 0 radical (unpaired) electrons. The molecule has 5 rings (SSSR count). The van der Waals surface area contributed by atoms with E-state index >= 15 is 0 Å². The number of piperidine rings is 1. The lowest BCUT2D eigenvalue weighted by molar-refractivity contribution is 0.00561. The number of hydrogen-bond acceptors (Lipinski definition) is 8. The number of ether oxygens (including phenoxy) is 4. The lowest BCUT2D eigenvalue weighted by Gasteiger charge is -2.39. The number of aromatic nitrogens is 1. The highest BCUT2D eigenvalue weighted by Crippen LogP contribution is 2.32. The van der Waals surface area contributed by atoms with Crippen molar-refractivity contribution in [3.05, 3.63) is 70.0 Å². The second-order valence-corrected chi connectivity index (χ2v) is 11.7. The van der Waals surface area contributed by atoms with Crippen molar-refractivity contribution in [1.29, 1.82) is 0 Å². The van der Waals surface area contributed by atoms with Gasteiger partial charge in [0.15, 0.2) is 11.5 Å². The van der Waals surface area contributed by atoms with Crippen LogP contribution in [0.5, 0.6) is 11.5 Å². The predicted molar refractivity (Wildman–Crippen MR) is 158 cm³/mol. The second kappa shape index (κ2) is 12.4. The summed E-state index contributed by atoms with van der Waals surface area (Å²) in [6.45, 7) is 9.76. The lowest BCUT2D eigenvalue weighted by atomic mass is 10.0. The van der Waals surface area contributed by atoms with E-state index in [0.717, 1.165) is 31.5 Å². The van der Waals surface area contributed by atoms with Crippen molar-refractivity contribution in [3.8, 4) is 11.5 Å². The Morgan fingerprint density at radius 2 is 1.69 bits per heavy atom. The third-order valence-corrected chi connectivity index (χ3v) is 7.65. The first-order valence-corrected chi connectivity index (χ1v) is 14.4. The summed E-state index contributed by atoms with van der Waals surface area (Å²) >= 11 is 0. The van der Waals surface area contributed by atoms with Crippen molar-refractivity contribution >= 4 is 23.0 Å². The molecule has 2 aliphatic heterocycles. The first-order chi connectivity index (χ1) is 20.1. The van der Waals surface area contributed by atoms with E-state index in [1.165, 1.54) is 13.2 Å². The van der Waals surface area contributed by atoms with E-state index in [0.29, 0.717) is 55.2 Å². The van der Waals surface area contributed by atoms with Gasteiger partial charge in [-0.15, -0.1) is 0 Å². The normalized spacial score (nSPS) is 15.8. The summed E-state index contributed by atoms with van der Waals surface area (Å²) < 4.78 is 23.8. The number of hydrogen-bond donors (Lipinski definition) is 0. The number of rotatable bonds is 7. The van der Waals surface area contributed by atoms with E-state index in [2.05, 4.69) is 4.90 Å². The van der Waals surface area contributed by atoms with Crippen LogP contribution in [-0.4, -0.2) is 78.0 Å². The van der Waals surface area contributed by atoms with Gasteiger partial charge in [-0.2, -0.15) is 0 Å². The summed E-state index contributed by atoms with van der Waals surface area (Å²) in [5.41, 5.74) is 1.09. The molecule has 0 unspecified atom stereocenters. The van der Waals surface area contributed by atoms with Crippen molar-refractivity contribution in [3.63, 3.8) is 0 Å². The summed E-state index contributed by atoms with van der Waals surface area (Å²) in [5, 5.41) is 0.690. The number of para-hydroxylation sites is 1.